The van der Waals surface area contributed by atoms with E-state index < -0.39 is 11.9 Å². The highest BCUT2D eigenvalue weighted by molar-refractivity contribution is 5.88. The van der Waals surface area contributed by atoms with Gasteiger partial charge in [0.25, 0.3) is 0 Å². The highest BCUT2D eigenvalue weighted by Gasteiger charge is 2.43. The Morgan fingerprint density at radius 2 is 1.88 bits per heavy atom. The fourth-order valence-corrected chi connectivity index (χ4v) is 5.66. The molecule has 1 aliphatic carbocycles. The zero-order valence-corrected chi connectivity index (χ0v) is 17.4. The zero-order chi connectivity index (χ0) is 21.9. The third-order valence-corrected chi connectivity index (χ3v) is 7.25. The molecule has 168 valence electrons. The second kappa shape index (κ2) is 7.45. The number of rotatable bonds is 3. The lowest BCUT2D eigenvalue weighted by Crippen LogP contribution is -2.44. The normalized spacial score (nSPS) is 28.1. The van der Waals surface area contributed by atoms with E-state index in [2.05, 4.69) is 37.3 Å². The van der Waals surface area contributed by atoms with Crippen LogP contribution in [0.25, 0.3) is 11.0 Å². The molecule has 1 aromatic carbocycles. The molecule has 0 amide bonds. The molecule has 3 aliphatic rings. The molecule has 2 N–H and O–H groups in total. The van der Waals surface area contributed by atoms with E-state index >= 15 is 0 Å². The maximum absolute atomic E-state index is 13.3. The number of hydrogen-bond acceptors (Lipinski definition) is 5. The standard InChI is InChI=1S/C23H24F3N5O/c24-23(25,26)19-7-17-21(29-19)27-12-28-22(17)30-20-16-4-2-1-3-13(16)5-6-18(20)31-8-14-10-32-11-15(14)9-31/h1-4,7,12,14-15,18,20H,5-6,8-11H2,(H2,27,28,29,30)/t14-,15-,18-,20-/m1/s1. The zero-order valence-electron chi connectivity index (χ0n) is 17.4. The highest BCUT2D eigenvalue weighted by atomic mass is 19.4. The van der Waals surface area contributed by atoms with Crippen LogP contribution in [0.5, 0.6) is 0 Å². The van der Waals surface area contributed by atoms with Crippen LogP contribution in [0.2, 0.25) is 0 Å². The van der Waals surface area contributed by atoms with E-state index in [0.29, 0.717) is 23.0 Å². The Morgan fingerprint density at radius 1 is 1.09 bits per heavy atom. The summed E-state index contributed by atoms with van der Waals surface area (Å²) in [5, 5.41) is 3.88. The SMILES string of the molecule is FC(F)(F)c1cc2c(N[C@@H]3c4ccccc4CC[C@H]3N3C[C@@H]4COC[C@H]4C3)ncnc2[nH]1. The molecule has 6 nitrogen and oxygen atoms in total. The van der Waals surface area contributed by atoms with E-state index in [1.807, 2.05) is 12.1 Å². The van der Waals surface area contributed by atoms with Crippen molar-refractivity contribution in [2.45, 2.75) is 31.1 Å². The van der Waals surface area contributed by atoms with Gasteiger partial charge in [-0.05, 0) is 30.0 Å². The van der Waals surface area contributed by atoms with Crippen LogP contribution >= 0.6 is 0 Å². The number of anilines is 1. The fourth-order valence-electron chi connectivity index (χ4n) is 5.66. The summed E-state index contributed by atoms with van der Waals surface area (Å²) in [5.41, 5.74) is 1.84. The minimum absolute atomic E-state index is 0.0676. The Bertz CT molecular complexity index is 1130. The van der Waals surface area contributed by atoms with Crippen LogP contribution < -0.4 is 5.32 Å². The summed E-state index contributed by atoms with van der Waals surface area (Å²) in [7, 11) is 0. The molecule has 4 heterocycles. The van der Waals surface area contributed by atoms with Crippen LogP contribution in [0.4, 0.5) is 19.0 Å². The van der Waals surface area contributed by atoms with E-state index in [0.717, 1.165) is 45.2 Å². The van der Waals surface area contributed by atoms with Gasteiger partial charge in [-0.15, -0.1) is 0 Å². The van der Waals surface area contributed by atoms with E-state index in [-0.39, 0.29) is 17.7 Å². The van der Waals surface area contributed by atoms with Gasteiger partial charge in [-0.3, -0.25) is 4.90 Å². The number of fused-ring (bicyclic) bond motifs is 3. The molecule has 2 fully saturated rings. The van der Waals surface area contributed by atoms with Gasteiger partial charge in [0.2, 0.25) is 0 Å². The van der Waals surface area contributed by atoms with Crippen LogP contribution in [0.15, 0.2) is 36.7 Å². The number of benzene rings is 1. The Morgan fingerprint density at radius 3 is 2.66 bits per heavy atom. The number of hydrogen-bond donors (Lipinski definition) is 2. The van der Waals surface area contributed by atoms with Crippen molar-refractivity contribution in [1.82, 2.24) is 19.9 Å². The molecule has 2 aromatic heterocycles. The topological polar surface area (TPSA) is 66.1 Å². The number of halogens is 3. The summed E-state index contributed by atoms with van der Waals surface area (Å²) < 4.78 is 45.5. The summed E-state index contributed by atoms with van der Waals surface area (Å²) in [6.07, 6.45) is -1.18. The number of nitrogens with one attached hydrogen (secondary N) is 2. The third kappa shape index (κ3) is 3.34. The smallest absolute Gasteiger partial charge is 0.381 e. The molecule has 6 rings (SSSR count). The third-order valence-electron chi connectivity index (χ3n) is 7.25. The quantitative estimate of drug-likeness (QED) is 0.640. The van der Waals surface area contributed by atoms with Crippen LogP contribution in [0, 0.1) is 11.8 Å². The maximum atomic E-state index is 13.3. The van der Waals surface area contributed by atoms with Gasteiger partial charge in [0.1, 0.15) is 23.5 Å². The highest BCUT2D eigenvalue weighted by Crippen LogP contribution is 2.41. The number of aromatic nitrogens is 3. The van der Waals surface area contributed by atoms with Gasteiger partial charge in [0.15, 0.2) is 0 Å². The summed E-state index contributed by atoms with van der Waals surface area (Å²) in [6.45, 7) is 3.63. The summed E-state index contributed by atoms with van der Waals surface area (Å²) in [5.74, 6) is 1.56. The van der Waals surface area contributed by atoms with Crippen molar-refractivity contribution in [3.8, 4) is 0 Å². The lowest BCUT2D eigenvalue weighted by molar-refractivity contribution is -0.140. The van der Waals surface area contributed by atoms with Gasteiger partial charge in [-0.25, -0.2) is 9.97 Å². The van der Waals surface area contributed by atoms with Gasteiger partial charge in [-0.2, -0.15) is 13.2 Å². The summed E-state index contributed by atoms with van der Waals surface area (Å²) >= 11 is 0. The molecule has 0 bridgehead atoms. The fraction of sp³-hybridized carbons (Fsp3) is 0.478. The first-order chi connectivity index (χ1) is 15.5. The first kappa shape index (κ1) is 20.0. The van der Waals surface area contributed by atoms with Crippen molar-refractivity contribution >= 4 is 16.9 Å². The average Bonchev–Trinajstić information content (AvgIpc) is 3.48. The minimum Gasteiger partial charge on any atom is -0.381 e. The Hall–Kier alpha value is -2.65. The Labute approximate surface area is 183 Å². The predicted octanol–water partition coefficient (Wildman–Crippen LogP) is 4.02. The molecule has 0 radical (unpaired) electrons. The monoisotopic (exact) mass is 443 g/mol. The largest absolute Gasteiger partial charge is 0.431 e. The molecule has 4 atom stereocenters. The number of nitrogens with zero attached hydrogens (tertiary/aromatic N) is 3. The van der Waals surface area contributed by atoms with Crippen molar-refractivity contribution in [2.75, 3.05) is 31.6 Å². The predicted molar refractivity (Wildman–Crippen MR) is 113 cm³/mol. The first-order valence-corrected chi connectivity index (χ1v) is 11.0. The van der Waals surface area contributed by atoms with Gasteiger partial charge < -0.3 is 15.0 Å². The Balaban J connectivity index is 1.37. The molecule has 0 unspecified atom stereocenters. The van der Waals surface area contributed by atoms with Crippen molar-refractivity contribution in [3.63, 3.8) is 0 Å². The number of likely N-dealkylation sites (tertiary alicyclic amines) is 1. The first-order valence-electron chi connectivity index (χ1n) is 11.0. The molecular formula is C23H24F3N5O. The summed E-state index contributed by atoms with van der Waals surface area (Å²) in [6, 6.07) is 9.59. The average molecular weight is 443 g/mol. The van der Waals surface area contributed by atoms with Gasteiger partial charge in [0.05, 0.1) is 24.6 Å². The molecule has 2 saturated heterocycles. The van der Waals surface area contributed by atoms with Gasteiger partial charge in [0, 0.05) is 31.0 Å². The number of aromatic amines is 1. The molecule has 0 spiro atoms. The van der Waals surface area contributed by atoms with E-state index in [4.69, 9.17) is 4.74 Å². The van der Waals surface area contributed by atoms with Crippen molar-refractivity contribution in [2.24, 2.45) is 11.8 Å². The molecular weight excluding hydrogens is 419 g/mol. The van der Waals surface area contributed by atoms with Gasteiger partial charge in [-0.1, -0.05) is 24.3 Å². The van der Waals surface area contributed by atoms with Crippen LogP contribution in [-0.4, -0.2) is 52.2 Å². The molecule has 2 aliphatic heterocycles. The molecule has 3 aromatic rings. The Kier molecular flexibility index (Phi) is 4.65. The second-order valence-electron chi connectivity index (χ2n) is 9.10. The summed E-state index contributed by atoms with van der Waals surface area (Å²) in [4.78, 5) is 13.3. The number of H-pyrrole nitrogens is 1. The van der Waals surface area contributed by atoms with E-state index in [9.17, 15) is 13.2 Å². The maximum Gasteiger partial charge on any atom is 0.431 e. The van der Waals surface area contributed by atoms with Crippen LogP contribution in [0.3, 0.4) is 0 Å². The molecule has 32 heavy (non-hydrogen) atoms. The number of ether oxygens (including phenoxy) is 1. The van der Waals surface area contributed by atoms with Crippen molar-refractivity contribution in [3.05, 3.63) is 53.5 Å². The number of alkyl halides is 3. The van der Waals surface area contributed by atoms with Crippen molar-refractivity contribution < 1.29 is 17.9 Å². The van der Waals surface area contributed by atoms with E-state index in [1.165, 1.54) is 17.5 Å². The lowest BCUT2D eigenvalue weighted by Gasteiger charge is -2.40. The second-order valence-corrected chi connectivity index (χ2v) is 9.10. The van der Waals surface area contributed by atoms with Crippen LogP contribution in [0.1, 0.15) is 29.3 Å². The van der Waals surface area contributed by atoms with E-state index in [1.54, 1.807) is 0 Å². The van der Waals surface area contributed by atoms with Crippen molar-refractivity contribution in [1.29, 1.82) is 0 Å². The number of aryl methyl sites for hydroxylation is 1. The molecule has 0 saturated carbocycles. The minimum atomic E-state index is -4.46. The molecule has 9 heteroatoms. The van der Waals surface area contributed by atoms with Crippen LogP contribution in [-0.2, 0) is 17.3 Å². The van der Waals surface area contributed by atoms with Gasteiger partial charge >= 0.3 is 6.18 Å². The lowest BCUT2D eigenvalue weighted by atomic mass is 9.83.